The van der Waals surface area contributed by atoms with Crippen molar-refractivity contribution >= 4 is 11.8 Å². The van der Waals surface area contributed by atoms with Crippen LogP contribution in [0.15, 0.2) is 0 Å². The molecule has 84 valence electrons. The Morgan fingerprint density at radius 2 is 2.29 bits per heavy atom. The lowest BCUT2D eigenvalue weighted by Crippen LogP contribution is -2.40. The summed E-state index contributed by atoms with van der Waals surface area (Å²) >= 11 is 2.09. The number of likely N-dealkylation sites (N-methyl/N-ethyl adjacent to an activating group) is 1. The Morgan fingerprint density at radius 1 is 1.50 bits per heavy atom. The van der Waals surface area contributed by atoms with Gasteiger partial charge >= 0.3 is 0 Å². The predicted octanol–water partition coefficient (Wildman–Crippen LogP) is 1.81. The molecule has 14 heavy (non-hydrogen) atoms. The Bertz CT molecular complexity index is 144. The lowest BCUT2D eigenvalue weighted by atomic mass is 10.2. The van der Waals surface area contributed by atoms with Crippen molar-refractivity contribution in [1.82, 2.24) is 10.2 Å². The zero-order valence-electron chi connectivity index (χ0n) is 9.75. The topological polar surface area (TPSA) is 15.3 Å². The van der Waals surface area contributed by atoms with Crippen LogP contribution in [0.5, 0.6) is 0 Å². The third-order valence-electron chi connectivity index (χ3n) is 2.94. The third kappa shape index (κ3) is 4.67. The monoisotopic (exact) mass is 216 g/mol. The molecule has 1 rings (SSSR count). The predicted molar refractivity (Wildman–Crippen MR) is 66.1 cm³/mol. The number of nitrogens with one attached hydrogen (secondary N) is 1. The Labute approximate surface area is 92.8 Å². The lowest BCUT2D eigenvalue weighted by molar-refractivity contribution is 0.269. The summed E-state index contributed by atoms with van der Waals surface area (Å²) in [6.07, 6.45) is 2.76. The van der Waals surface area contributed by atoms with Crippen molar-refractivity contribution in [2.45, 2.75) is 38.8 Å². The average molecular weight is 216 g/mol. The van der Waals surface area contributed by atoms with E-state index in [0.29, 0.717) is 6.04 Å². The van der Waals surface area contributed by atoms with E-state index in [-0.39, 0.29) is 0 Å². The average Bonchev–Trinajstić information content (AvgIpc) is 2.19. The van der Waals surface area contributed by atoms with E-state index < -0.39 is 0 Å². The van der Waals surface area contributed by atoms with Gasteiger partial charge in [-0.3, -0.25) is 0 Å². The van der Waals surface area contributed by atoms with Gasteiger partial charge in [-0.2, -0.15) is 11.8 Å². The van der Waals surface area contributed by atoms with Gasteiger partial charge < -0.3 is 10.2 Å². The molecule has 0 bridgehead atoms. The van der Waals surface area contributed by atoms with Crippen molar-refractivity contribution < 1.29 is 0 Å². The summed E-state index contributed by atoms with van der Waals surface area (Å²) in [5.41, 5.74) is 0. The molecule has 1 aliphatic heterocycles. The molecule has 0 aromatic carbocycles. The summed E-state index contributed by atoms with van der Waals surface area (Å²) in [6.45, 7) is 6.80. The van der Waals surface area contributed by atoms with Crippen molar-refractivity contribution in [2.75, 3.05) is 31.6 Å². The van der Waals surface area contributed by atoms with Crippen LogP contribution in [0.4, 0.5) is 0 Å². The first-order valence-electron chi connectivity index (χ1n) is 5.71. The van der Waals surface area contributed by atoms with Gasteiger partial charge in [0, 0.05) is 30.9 Å². The Hall–Kier alpha value is 0.270. The number of hydrogen-bond donors (Lipinski definition) is 1. The highest BCUT2D eigenvalue weighted by molar-refractivity contribution is 7.99. The van der Waals surface area contributed by atoms with Crippen LogP contribution < -0.4 is 5.32 Å². The second-order valence-electron chi connectivity index (χ2n) is 4.44. The van der Waals surface area contributed by atoms with Crippen LogP contribution in [0.3, 0.4) is 0 Å². The maximum Gasteiger partial charge on any atom is 0.0159 e. The van der Waals surface area contributed by atoms with Crippen LogP contribution in [0.1, 0.15) is 26.7 Å². The highest BCUT2D eigenvalue weighted by Crippen LogP contribution is 2.16. The van der Waals surface area contributed by atoms with Gasteiger partial charge in [0.15, 0.2) is 0 Å². The van der Waals surface area contributed by atoms with Crippen molar-refractivity contribution in [3.63, 3.8) is 0 Å². The molecule has 0 radical (unpaired) electrons. The van der Waals surface area contributed by atoms with E-state index in [4.69, 9.17) is 0 Å². The molecule has 1 aliphatic rings. The standard InChI is InChI=1S/C11H24N2S/c1-10(2)13(3)7-6-12-11-5-4-8-14-9-11/h10-12H,4-9H2,1-3H3. The molecule has 3 heteroatoms. The van der Waals surface area contributed by atoms with Crippen LogP contribution in [-0.4, -0.2) is 48.6 Å². The second-order valence-corrected chi connectivity index (χ2v) is 5.59. The minimum absolute atomic E-state index is 0.664. The fraction of sp³-hybridized carbons (Fsp3) is 1.00. The summed E-state index contributed by atoms with van der Waals surface area (Å²) in [4.78, 5) is 2.39. The summed E-state index contributed by atoms with van der Waals surface area (Å²) < 4.78 is 0. The minimum Gasteiger partial charge on any atom is -0.312 e. The zero-order chi connectivity index (χ0) is 10.4. The van der Waals surface area contributed by atoms with Crippen molar-refractivity contribution in [1.29, 1.82) is 0 Å². The van der Waals surface area contributed by atoms with Gasteiger partial charge in [-0.05, 0) is 39.5 Å². The first kappa shape index (κ1) is 12.3. The van der Waals surface area contributed by atoms with Gasteiger partial charge in [0.2, 0.25) is 0 Å². The largest absolute Gasteiger partial charge is 0.312 e. The van der Waals surface area contributed by atoms with Crippen molar-refractivity contribution in [3.8, 4) is 0 Å². The van der Waals surface area contributed by atoms with Gasteiger partial charge in [-0.1, -0.05) is 0 Å². The molecule has 1 saturated heterocycles. The van der Waals surface area contributed by atoms with Gasteiger partial charge in [0.25, 0.3) is 0 Å². The van der Waals surface area contributed by atoms with E-state index in [1.807, 2.05) is 0 Å². The van der Waals surface area contributed by atoms with Crippen LogP contribution >= 0.6 is 11.8 Å². The molecule has 0 amide bonds. The molecular formula is C11H24N2S. The zero-order valence-corrected chi connectivity index (χ0v) is 10.6. The summed E-state index contributed by atoms with van der Waals surface area (Å²) in [5, 5.41) is 3.64. The maximum atomic E-state index is 3.64. The summed E-state index contributed by atoms with van der Waals surface area (Å²) in [6, 6.07) is 1.44. The van der Waals surface area contributed by atoms with E-state index in [1.165, 1.54) is 30.9 Å². The molecule has 0 aromatic rings. The third-order valence-corrected chi connectivity index (χ3v) is 4.15. The number of thioether (sulfide) groups is 1. The molecule has 0 aromatic heterocycles. The highest BCUT2D eigenvalue weighted by Gasteiger charge is 2.12. The lowest BCUT2D eigenvalue weighted by Gasteiger charge is -2.25. The van der Waals surface area contributed by atoms with E-state index in [1.54, 1.807) is 0 Å². The molecule has 1 unspecified atom stereocenters. The molecular weight excluding hydrogens is 192 g/mol. The maximum absolute atomic E-state index is 3.64. The van der Waals surface area contributed by atoms with Crippen molar-refractivity contribution in [3.05, 3.63) is 0 Å². The quantitative estimate of drug-likeness (QED) is 0.754. The molecule has 0 saturated carbocycles. The first-order valence-corrected chi connectivity index (χ1v) is 6.87. The minimum atomic E-state index is 0.664. The van der Waals surface area contributed by atoms with E-state index in [2.05, 4.69) is 42.9 Å². The van der Waals surface area contributed by atoms with Gasteiger partial charge in [-0.15, -0.1) is 0 Å². The summed E-state index contributed by atoms with van der Waals surface area (Å²) in [7, 11) is 2.20. The highest BCUT2D eigenvalue weighted by atomic mass is 32.2. The van der Waals surface area contributed by atoms with Crippen LogP contribution in [-0.2, 0) is 0 Å². The Kier molecular flexibility index (Phi) is 5.90. The van der Waals surface area contributed by atoms with E-state index in [9.17, 15) is 0 Å². The number of rotatable bonds is 5. The van der Waals surface area contributed by atoms with Crippen molar-refractivity contribution in [2.24, 2.45) is 0 Å². The molecule has 0 spiro atoms. The molecule has 0 aliphatic carbocycles. The number of nitrogens with zero attached hydrogens (tertiary/aromatic N) is 1. The fourth-order valence-electron chi connectivity index (χ4n) is 1.60. The summed E-state index contributed by atoms with van der Waals surface area (Å²) in [5.74, 6) is 2.68. The molecule has 1 heterocycles. The SMILES string of the molecule is CC(C)N(C)CCNC1CCCSC1. The van der Waals surface area contributed by atoms with Crippen LogP contribution in [0.25, 0.3) is 0 Å². The Balaban J connectivity index is 2.02. The smallest absolute Gasteiger partial charge is 0.0159 e. The second kappa shape index (κ2) is 6.70. The van der Waals surface area contributed by atoms with Crippen LogP contribution in [0, 0.1) is 0 Å². The molecule has 1 N–H and O–H groups in total. The van der Waals surface area contributed by atoms with E-state index in [0.717, 1.165) is 12.6 Å². The van der Waals surface area contributed by atoms with Gasteiger partial charge in [0.1, 0.15) is 0 Å². The normalized spacial score (nSPS) is 23.4. The van der Waals surface area contributed by atoms with Gasteiger partial charge in [-0.25, -0.2) is 0 Å². The molecule has 1 fully saturated rings. The van der Waals surface area contributed by atoms with Gasteiger partial charge in [0.05, 0.1) is 0 Å². The number of hydrogen-bond acceptors (Lipinski definition) is 3. The Morgan fingerprint density at radius 3 is 2.86 bits per heavy atom. The molecule has 1 atom stereocenters. The first-order chi connectivity index (χ1) is 6.70. The van der Waals surface area contributed by atoms with Crippen LogP contribution in [0.2, 0.25) is 0 Å². The molecule has 2 nitrogen and oxygen atoms in total. The fourth-order valence-corrected chi connectivity index (χ4v) is 2.71. The van der Waals surface area contributed by atoms with E-state index >= 15 is 0 Å².